The molecule has 2 aromatic heterocycles. The van der Waals surface area contributed by atoms with Crippen LogP contribution in [0.2, 0.25) is 0 Å². The Morgan fingerprint density at radius 1 is 1.28 bits per heavy atom. The molecule has 4 rings (SSSR count). The highest BCUT2D eigenvalue weighted by Crippen LogP contribution is 2.34. The summed E-state index contributed by atoms with van der Waals surface area (Å²) < 4.78 is 44.9. The fourth-order valence-corrected chi connectivity index (χ4v) is 4.13. The molecule has 1 aromatic carbocycles. The van der Waals surface area contributed by atoms with E-state index in [2.05, 4.69) is 15.0 Å². The van der Waals surface area contributed by atoms with Crippen LogP contribution in [0, 0.1) is 12.8 Å². The maximum absolute atomic E-state index is 13.4. The van der Waals surface area contributed by atoms with Crippen LogP contribution in [0.4, 0.5) is 13.2 Å². The van der Waals surface area contributed by atoms with E-state index in [0.717, 1.165) is 31.5 Å². The molecule has 9 heteroatoms. The third-order valence-corrected chi connectivity index (χ3v) is 5.89. The van der Waals surface area contributed by atoms with Gasteiger partial charge in [-0.1, -0.05) is 17.3 Å². The zero-order chi connectivity index (χ0) is 23.0. The Morgan fingerprint density at radius 2 is 2.06 bits per heavy atom. The van der Waals surface area contributed by atoms with Gasteiger partial charge in [0, 0.05) is 18.7 Å². The minimum absolute atomic E-state index is 0.143. The molecule has 0 N–H and O–H groups in total. The zero-order valence-electron chi connectivity index (χ0n) is 18.2. The van der Waals surface area contributed by atoms with Crippen molar-refractivity contribution in [3.63, 3.8) is 0 Å². The molecule has 0 bridgehead atoms. The quantitative estimate of drug-likeness (QED) is 0.572. The number of aromatic nitrogens is 2. The van der Waals surface area contributed by atoms with Gasteiger partial charge in [-0.05, 0) is 64.5 Å². The molecule has 1 atom stereocenters. The molecule has 32 heavy (non-hydrogen) atoms. The van der Waals surface area contributed by atoms with E-state index in [1.807, 2.05) is 14.1 Å². The van der Waals surface area contributed by atoms with Crippen molar-refractivity contribution in [3.05, 3.63) is 47.2 Å². The molecule has 170 valence electrons. The van der Waals surface area contributed by atoms with Gasteiger partial charge in [-0.15, -0.1) is 0 Å². The number of nitrogens with zero attached hydrogens (tertiary/aromatic N) is 4. The van der Waals surface area contributed by atoms with E-state index in [-0.39, 0.29) is 22.9 Å². The van der Waals surface area contributed by atoms with Crippen molar-refractivity contribution >= 4 is 17.0 Å². The van der Waals surface area contributed by atoms with E-state index in [1.54, 1.807) is 17.9 Å². The Hall–Kier alpha value is -2.94. The van der Waals surface area contributed by atoms with Crippen LogP contribution in [-0.2, 0) is 6.18 Å². The molecule has 1 saturated heterocycles. The molecule has 1 fully saturated rings. The highest BCUT2D eigenvalue weighted by atomic mass is 19.4. The number of carbonyl (C=O) groups excluding carboxylic acids is 1. The van der Waals surface area contributed by atoms with Crippen LogP contribution < -0.4 is 0 Å². The fourth-order valence-electron chi connectivity index (χ4n) is 4.13. The highest BCUT2D eigenvalue weighted by molar-refractivity contribution is 6.07. The lowest BCUT2D eigenvalue weighted by Crippen LogP contribution is -2.29. The number of hydrogen-bond donors (Lipinski definition) is 0. The van der Waals surface area contributed by atoms with Crippen molar-refractivity contribution in [1.29, 1.82) is 0 Å². The first-order chi connectivity index (χ1) is 15.1. The van der Waals surface area contributed by atoms with E-state index in [1.165, 1.54) is 12.1 Å². The number of hydrogen-bond acceptors (Lipinski definition) is 5. The average molecular weight is 446 g/mol. The Bertz CT molecular complexity index is 1140. The molecular weight excluding hydrogens is 421 g/mol. The number of benzene rings is 1. The Morgan fingerprint density at radius 3 is 2.78 bits per heavy atom. The Balaban J connectivity index is 1.69. The lowest BCUT2D eigenvalue weighted by molar-refractivity contribution is -0.137. The molecule has 6 nitrogen and oxygen atoms in total. The molecule has 0 radical (unpaired) electrons. The van der Waals surface area contributed by atoms with Gasteiger partial charge >= 0.3 is 6.18 Å². The second kappa shape index (κ2) is 8.54. The van der Waals surface area contributed by atoms with Crippen LogP contribution in [0.15, 0.2) is 34.9 Å². The number of alkyl halides is 3. The van der Waals surface area contributed by atoms with Gasteiger partial charge in [-0.3, -0.25) is 4.79 Å². The molecule has 0 aliphatic carbocycles. The summed E-state index contributed by atoms with van der Waals surface area (Å²) in [5.41, 5.74) is 0.747. The van der Waals surface area contributed by atoms with Gasteiger partial charge in [0.25, 0.3) is 11.6 Å². The first-order valence-electron chi connectivity index (χ1n) is 10.5. The molecule has 3 aromatic rings. The summed E-state index contributed by atoms with van der Waals surface area (Å²) in [6, 6.07) is 6.45. The Kier molecular flexibility index (Phi) is 5.94. The summed E-state index contributed by atoms with van der Waals surface area (Å²) in [5.74, 6) is 0.245. The van der Waals surface area contributed by atoms with Crippen molar-refractivity contribution in [2.45, 2.75) is 25.9 Å². The van der Waals surface area contributed by atoms with Crippen molar-refractivity contribution in [2.24, 2.45) is 5.92 Å². The molecule has 1 unspecified atom stereocenters. The summed E-state index contributed by atoms with van der Waals surface area (Å²) in [6.07, 6.45) is -2.54. The largest absolute Gasteiger partial charge is 0.416 e. The second-order valence-electron chi connectivity index (χ2n) is 8.58. The third kappa shape index (κ3) is 4.48. The minimum atomic E-state index is -4.47. The normalized spacial score (nSPS) is 17.0. The molecule has 1 amide bonds. The zero-order valence-corrected chi connectivity index (χ0v) is 18.2. The molecule has 0 spiro atoms. The summed E-state index contributed by atoms with van der Waals surface area (Å²) in [7, 11) is 4.05. The van der Waals surface area contributed by atoms with Crippen molar-refractivity contribution in [1.82, 2.24) is 19.9 Å². The number of carbonyl (C=O) groups is 1. The van der Waals surface area contributed by atoms with Crippen molar-refractivity contribution < 1.29 is 22.5 Å². The smallest absolute Gasteiger partial charge is 0.338 e. The molecule has 0 saturated carbocycles. The summed E-state index contributed by atoms with van der Waals surface area (Å²) >= 11 is 0. The second-order valence-corrected chi connectivity index (χ2v) is 8.58. The summed E-state index contributed by atoms with van der Waals surface area (Å²) in [6.45, 7) is 3.97. The first kappa shape index (κ1) is 22.3. The monoisotopic (exact) mass is 446 g/mol. The number of likely N-dealkylation sites (tertiary alicyclic amines) is 1. The standard InChI is InChI=1S/C23H25F3N4O2/c1-14-20-18(22(31)30-10-8-15(13-30)7-9-29(2)3)12-19(27-21(20)32-28-14)16-5-4-6-17(11-16)23(24,25)26/h4-6,11-12,15H,7-10,13H2,1-3H3. The van der Waals surface area contributed by atoms with Gasteiger partial charge in [0.05, 0.1) is 27.9 Å². The number of fused-ring (bicyclic) bond motifs is 1. The Labute approximate surface area is 184 Å². The predicted molar refractivity (Wildman–Crippen MR) is 114 cm³/mol. The molecule has 1 aliphatic rings. The van der Waals surface area contributed by atoms with E-state index in [0.29, 0.717) is 35.7 Å². The SMILES string of the molecule is Cc1noc2nc(-c3cccc(C(F)(F)F)c3)cc(C(=O)N3CCC(CCN(C)C)C3)c12. The van der Waals surface area contributed by atoms with Gasteiger partial charge in [-0.2, -0.15) is 13.2 Å². The number of amides is 1. The number of pyridine rings is 1. The van der Waals surface area contributed by atoms with Gasteiger partial charge in [-0.25, -0.2) is 4.98 Å². The van der Waals surface area contributed by atoms with Gasteiger partial charge in [0.2, 0.25) is 0 Å². The number of rotatable bonds is 5. The fraction of sp³-hybridized carbons (Fsp3) is 0.435. The molecular formula is C23H25F3N4O2. The third-order valence-electron chi connectivity index (χ3n) is 5.89. The van der Waals surface area contributed by atoms with E-state index in [4.69, 9.17) is 4.52 Å². The minimum Gasteiger partial charge on any atom is -0.338 e. The highest BCUT2D eigenvalue weighted by Gasteiger charge is 2.32. The van der Waals surface area contributed by atoms with E-state index < -0.39 is 11.7 Å². The number of halogens is 3. The lowest BCUT2D eigenvalue weighted by atomic mass is 10.0. The van der Waals surface area contributed by atoms with Gasteiger partial charge < -0.3 is 14.3 Å². The summed E-state index contributed by atoms with van der Waals surface area (Å²) in [5, 5.41) is 4.43. The topological polar surface area (TPSA) is 62.5 Å². The van der Waals surface area contributed by atoms with Crippen LogP contribution in [-0.4, -0.2) is 59.6 Å². The average Bonchev–Trinajstić information content (AvgIpc) is 3.38. The summed E-state index contributed by atoms with van der Waals surface area (Å²) in [4.78, 5) is 21.7. The lowest BCUT2D eigenvalue weighted by Gasteiger charge is -2.18. The van der Waals surface area contributed by atoms with Crippen molar-refractivity contribution in [2.75, 3.05) is 33.7 Å². The van der Waals surface area contributed by atoms with Crippen molar-refractivity contribution in [3.8, 4) is 11.3 Å². The van der Waals surface area contributed by atoms with Crippen LogP contribution in [0.25, 0.3) is 22.4 Å². The van der Waals surface area contributed by atoms with Crippen LogP contribution >= 0.6 is 0 Å². The van der Waals surface area contributed by atoms with Gasteiger partial charge in [0.15, 0.2) is 0 Å². The maximum Gasteiger partial charge on any atom is 0.416 e. The van der Waals surface area contributed by atoms with Gasteiger partial charge in [0.1, 0.15) is 0 Å². The predicted octanol–water partition coefficient (Wildman–Crippen LogP) is 4.63. The first-order valence-corrected chi connectivity index (χ1v) is 10.5. The van der Waals surface area contributed by atoms with E-state index >= 15 is 0 Å². The van der Waals surface area contributed by atoms with Crippen LogP contribution in [0.5, 0.6) is 0 Å². The molecule has 1 aliphatic heterocycles. The molecule has 3 heterocycles. The maximum atomic E-state index is 13.4. The van der Waals surface area contributed by atoms with Crippen LogP contribution in [0.1, 0.15) is 34.5 Å². The number of aryl methyl sites for hydroxylation is 1. The van der Waals surface area contributed by atoms with E-state index in [9.17, 15) is 18.0 Å². The van der Waals surface area contributed by atoms with Crippen LogP contribution in [0.3, 0.4) is 0 Å².